The van der Waals surface area contributed by atoms with Crippen LogP contribution in [0.1, 0.15) is 23.9 Å². The maximum absolute atomic E-state index is 13.6. The molecule has 0 atom stereocenters. The number of carbonyl (C=O) groups excluding carboxylic acids is 2. The molecule has 0 bridgehead atoms. The number of nitrogens with zero attached hydrogens (tertiary/aromatic N) is 2. The van der Waals surface area contributed by atoms with Gasteiger partial charge in [-0.3, -0.25) is 9.69 Å². The Bertz CT molecular complexity index is 1350. The normalized spacial score (nSPS) is 15.0. The van der Waals surface area contributed by atoms with Crippen molar-refractivity contribution in [1.82, 2.24) is 4.57 Å². The summed E-state index contributed by atoms with van der Waals surface area (Å²) in [6, 6.07) is 17.5. The average Bonchev–Trinajstić information content (AvgIpc) is 3.19. The lowest BCUT2D eigenvalue weighted by atomic mass is 10.0. The molecular formula is C26H22Br2N2O3. The molecule has 1 aliphatic heterocycles. The van der Waals surface area contributed by atoms with Gasteiger partial charge in [0.25, 0.3) is 5.91 Å². The van der Waals surface area contributed by atoms with Gasteiger partial charge in [-0.05, 0) is 74.9 Å². The number of allylic oxidation sites excluding steroid dienone is 1. The Labute approximate surface area is 209 Å². The van der Waals surface area contributed by atoms with E-state index in [0.29, 0.717) is 17.0 Å². The van der Waals surface area contributed by atoms with Gasteiger partial charge >= 0.3 is 5.97 Å². The van der Waals surface area contributed by atoms with E-state index in [1.54, 1.807) is 17.9 Å². The van der Waals surface area contributed by atoms with E-state index in [1.807, 2.05) is 68.4 Å². The third-order valence-electron chi connectivity index (χ3n) is 5.69. The predicted octanol–water partition coefficient (Wildman–Crippen LogP) is 6.50. The van der Waals surface area contributed by atoms with Crippen LogP contribution in [-0.4, -0.2) is 23.6 Å². The van der Waals surface area contributed by atoms with Crippen molar-refractivity contribution >= 4 is 55.5 Å². The maximum atomic E-state index is 13.6. The molecule has 168 valence electrons. The van der Waals surface area contributed by atoms with Crippen molar-refractivity contribution in [3.63, 3.8) is 0 Å². The molecule has 2 heterocycles. The standard InChI is InChI=1S/C26H22Br2N2O3/c1-15-11-18(16(2)29(15)21-9-5-7-19(27)13-21)12-23-24(26(32)33-4)17(3)30(25(23)31)22-10-6-8-20(28)14-22/h5-14H,1-4H3/b23-12-. The van der Waals surface area contributed by atoms with Crippen LogP contribution in [0.25, 0.3) is 11.8 Å². The van der Waals surface area contributed by atoms with Crippen LogP contribution in [0.3, 0.4) is 0 Å². The first kappa shape index (κ1) is 23.3. The summed E-state index contributed by atoms with van der Waals surface area (Å²) in [5.41, 5.74) is 5.66. The highest BCUT2D eigenvalue weighted by Crippen LogP contribution is 2.37. The molecule has 3 aromatic rings. The number of anilines is 1. The van der Waals surface area contributed by atoms with Crippen LogP contribution in [0, 0.1) is 13.8 Å². The number of carbonyl (C=O) groups is 2. The van der Waals surface area contributed by atoms with Gasteiger partial charge in [0.2, 0.25) is 0 Å². The van der Waals surface area contributed by atoms with Gasteiger partial charge in [-0.15, -0.1) is 0 Å². The molecule has 2 aromatic carbocycles. The first-order valence-corrected chi connectivity index (χ1v) is 11.9. The smallest absolute Gasteiger partial charge is 0.340 e. The second kappa shape index (κ2) is 9.15. The highest BCUT2D eigenvalue weighted by atomic mass is 79.9. The van der Waals surface area contributed by atoms with Gasteiger partial charge in [-0.2, -0.15) is 0 Å². The van der Waals surface area contributed by atoms with Crippen molar-refractivity contribution in [3.05, 3.63) is 97.3 Å². The van der Waals surface area contributed by atoms with E-state index in [2.05, 4.69) is 36.4 Å². The zero-order valence-corrected chi connectivity index (χ0v) is 21.8. The molecule has 0 saturated carbocycles. The number of halogens is 2. The number of rotatable bonds is 4. The van der Waals surface area contributed by atoms with Crippen LogP contribution in [0.4, 0.5) is 5.69 Å². The van der Waals surface area contributed by atoms with Crippen molar-refractivity contribution in [2.45, 2.75) is 20.8 Å². The minimum atomic E-state index is -0.537. The molecule has 0 fully saturated rings. The van der Waals surface area contributed by atoms with Gasteiger partial charge in [0, 0.05) is 31.7 Å². The van der Waals surface area contributed by atoms with Gasteiger partial charge in [-0.25, -0.2) is 4.79 Å². The summed E-state index contributed by atoms with van der Waals surface area (Å²) >= 11 is 6.99. The van der Waals surface area contributed by atoms with E-state index in [4.69, 9.17) is 4.74 Å². The maximum Gasteiger partial charge on any atom is 0.340 e. The number of aromatic nitrogens is 1. The van der Waals surface area contributed by atoms with E-state index >= 15 is 0 Å². The molecule has 1 aromatic heterocycles. The Balaban J connectivity index is 1.86. The summed E-state index contributed by atoms with van der Waals surface area (Å²) < 4.78 is 8.98. The molecular weight excluding hydrogens is 548 g/mol. The molecule has 0 unspecified atom stereocenters. The fraction of sp³-hybridized carbons (Fsp3) is 0.154. The molecule has 7 heteroatoms. The Kier molecular flexibility index (Phi) is 6.45. The van der Waals surface area contributed by atoms with Gasteiger partial charge in [-0.1, -0.05) is 44.0 Å². The minimum absolute atomic E-state index is 0.266. The summed E-state index contributed by atoms with van der Waals surface area (Å²) in [7, 11) is 1.33. The van der Waals surface area contributed by atoms with Crippen molar-refractivity contribution < 1.29 is 14.3 Å². The number of ether oxygens (including phenoxy) is 1. The number of hydrogen-bond acceptors (Lipinski definition) is 3. The van der Waals surface area contributed by atoms with Crippen LogP contribution in [0.2, 0.25) is 0 Å². The van der Waals surface area contributed by atoms with E-state index in [9.17, 15) is 9.59 Å². The predicted molar refractivity (Wildman–Crippen MR) is 137 cm³/mol. The fourth-order valence-corrected chi connectivity index (χ4v) is 4.98. The van der Waals surface area contributed by atoms with Crippen LogP contribution < -0.4 is 4.90 Å². The third-order valence-corrected chi connectivity index (χ3v) is 6.68. The van der Waals surface area contributed by atoms with Crippen molar-refractivity contribution in [2.24, 2.45) is 0 Å². The summed E-state index contributed by atoms with van der Waals surface area (Å²) in [5, 5.41) is 0. The van der Waals surface area contributed by atoms with Gasteiger partial charge in [0.1, 0.15) is 0 Å². The van der Waals surface area contributed by atoms with Crippen LogP contribution in [0.5, 0.6) is 0 Å². The fourth-order valence-electron chi connectivity index (χ4n) is 4.21. The van der Waals surface area contributed by atoms with Gasteiger partial charge < -0.3 is 9.30 Å². The van der Waals surface area contributed by atoms with Gasteiger partial charge in [0.05, 0.1) is 23.9 Å². The molecule has 0 aliphatic carbocycles. The Morgan fingerprint density at radius 2 is 1.55 bits per heavy atom. The van der Waals surface area contributed by atoms with E-state index in [0.717, 1.165) is 31.6 Å². The monoisotopic (exact) mass is 568 g/mol. The van der Waals surface area contributed by atoms with Crippen LogP contribution in [0.15, 0.2) is 80.4 Å². The SMILES string of the molecule is COC(=O)C1=C(C)N(c2cccc(Br)c2)C(=O)/C1=C\c1cc(C)n(-c2cccc(Br)c2)c1C. The number of hydrogen-bond donors (Lipinski definition) is 0. The molecule has 0 N–H and O–H groups in total. The Hall–Kier alpha value is -2.90. The molecule has 0 saturated heterocycles. The second-order valence-electron chi connectivity index (χ2n) is 7.77. The number of aryl methyl sites for hydroxylation is 1. The molecule has 5 nitrogen and oxygen atoms in total. The van der Waals surface area contributed by atoms with Gasteiger partial charge in [0.15, 0.2) is 0 Å². The molecule has 4 rings (SSSR count). The van der Waals surface area contributed by atoms with E-state index in [-0.39, 0.29) is 11.5 Å². The summed E-state index contributed by atoms with van der Waals surface area (Å²) in [5.74, 6) is -0.802. The largest absolute Gasteiger partial charge is 0.465 e. The van der Waals surface area contributed by atoms with Crippen LogP contribution >= 0.6 is 31.9 Å². The lowest BCUT2D eigenvalue weighted by Gasteiger charge is -2.18. The average molecular weight is 570 g/mol. The zero-order chi connectivity index (χ0) is 23.9. The number of amides is 1. The molecule has 1 aliphatic rings. The molecule has 33 heavy (non-hydrogen) atoms. The topological polar surface area (TPSA) is 51.5 Å². The quantitative estimate of drug-likeness (QED) is 0.266. The Morgan fingerprint density at radius 1 is 0.939 bits per heavy atom. The van der Waals surface area contributed by atoms with E-state index in [1.165, 1.54) is 7.11 Å². The summed E-state index contributed by atoms with van der Waals surface area (Å²) in [6.07, 6.45) is 1.78. The highest BCUT2D eigenvalue weighted by Gasteiger charge is 2.38. The number of esters is 1. The first-order valence-electron chi connectivity index (χ1n) is 10.3. The highest BCUT2D eigenvalue weighted by molar-refractivity contribution is 9.10. The number of methoxy groups -OCH3 is 1. The first-order chi connectivity index (χ1) is 15.7. The lowest BCUT2D eigenvalue weighted by Crippen LogP contribution is -2.24. The second-order valence-corrected chi connectivity index (χ2v) is 9.60. The molecule has 1 amide bonds. The third kappa shape index (κ3) is 4.23. The summed E-state index contributed by atoms with van der Waals surface area (Å²) in [4.78, 5) is 27.8. The summed E-state index contributed by atoms with van der Waals surface area (Å²) in [6.45, 7) is 5.78. The number of benzene rings is 2. The van der Waals surface area contributed by atoms with E-state index < -0.39 is 5.97 Å². The Morgan fingerprint density at radius 3 is 2.15 bits per heavy atom. The molecule has 0 radical (unpaired) electrons. The molecule has 0 spiro atoms. The lowest BCUT2D eigenvalue weighted by molar-refractivity contribution is -0.136. The zero-order valence-electron chi connectivity index (χ0n) is 18.6. The van der Waals surface area contributed by atoms with Crippen molar-refractivity contribution in [2.75, 3.05) is 12.0 Å². The van der Waals surface area contributed by atoms with Crippen molar-refractivity contribution in [3.8, 4) is 5.69 Å². The minimum Gasteiger partial charge on any atom is -0.465 e. The van der Waals surface area contributed by atoms with Crippen molar-refractivity contribution in [1.29, 1.82) is 0 Å². The van der Waals surface area contributed by atoms with Crippen LogP contribution in [-0.2, 0) is 14.3 Å².